The predicted octanol–water partition coefficient (Wildman–Crippen LogP) is 4.58. The topological polar surface area (TPSA) is 70.7 Å². The van der Waals surface area contributed by atoms with Crippen LogP contribution in [0.4, 0.5) is 5.00 Å². The molecule has 0 unspecified atom stereocenters. The Balaban J connectivity index is 1.72. The molecule has 25 heavy (non-hydrogen) atoms. The number of aromatic nitrogens is 2. The second-order valence-corrected chi connectivity index (χ2v) is 7.74. The third-order valence-corrected chi connectivity index (χ3v) is 5.55. The van der Waals surface area contributed by atoms with Crippen LogP contribution in [0.5, 0.6) is 0 Å². The molecule has 1 amide bonds. The first-order valence-corrected chi connectivity index (χ1v) is 9.46. The molecule has 0 radical (unpaired) electrons. The first-order chi connectivity index (χ1) is 12.1. The fourth-order valence-corrected chi connectivity index (χ4v) is 3.84. The Kier molecular flexibility index (Phi) is 5.43. The monoisotopic (exact) mass is 388 g/mol. The zero-order valence-corrected chi connectivity index (χ0v) is 15.5. The number of anilines is 1. The van der Waals surface area contributed by atoms with Crippen LogP contribution in [-0.2, 0) is 4.79 Å². The van der Waals surface area contributed by atoms with Gasteiger partial charge >= 0.3 is 0 Å². The number of hydrogen-bond donors (Lipinski definition) is 1. The summed E-state index contributed by atoms with van der Waals surface area (Å²) in [4.78, 5) is 16.7. The van der Waals surface area contributed by atoms with Crippen LogP contribution in [0.2, 0.25) is 5.02 Å². The second kappa shape index (κ2) is 7.74. The van der Waals surface area contributed by atoms with Gasteiger partial charge in [0.1, 0.15) is 11.1 Å². The summed E-state index contributed by atoms with van der Waals surface area (Å²) < 4.78 is 1.90. The molecule has 8 heteroatoms. The Morgan fingerprint density at radius 1 is 1.40 bits per heavy atom. The van der Waals surface area contributed by atoms with E-state index in [1.807, 2.05) is 35.0 Å². The number of nitrogens with zero attached hydrogens (tertiary/aromatic N) is 3. The number of halogens is 1. The van der Waals surface area contributed by atoms with E-state index < -0.39 is 0 Å². The summed E-state index contributed by atoms with van der Waals surface area (Å²) in [5.41, 5.74) is 1.39. The quantitative estimate of drug-likeness (QED) is 0.649. The zero-order chi connectivity index (χ0) is 17.8. The van der Waals surface area contributed by atoms with Gasteiger partial charge in [0.05, 0.1) is 10.8 Å². The molecule has 2 heterocycles. The van der Waals surface area contributed by atoms with Gasteiger partial charge in [0, 0.05) is 23.1 Å². The van der Waals surface area contributed by atoms with Crippen LogP contribution in [0, 0.1) is 11.3 Å². The lowest BCUT2D eigenvalue weighted by atomic mass is 10.3. The van der Waals surface area contributed by atoms with Crippen LogP contribution in [0.1, 0.15) is 12.5 Å². The molecular formula is C17H13ClN4OS2. The van der Waals surface area contributed by atoms with E-state index in [0.717, 1.165) is 5.69 Å². The molecule has 0 aliphatic carbocycles. The molecule has 0 bridgehead atoms. The number of carbonyl (C=O) groups is 1. The Bertz CT molecular complexity index is 927. The molecule has 5 nitrogen and oxygen atoms in total. The number of nitriles is 1. The lowest BCUT2D eigenvalue weighted by Crippen LogP contribution is -2.22. The van der Waals surface area contributed by atoms with E-state index in [0.29, 0.717) is 20.7 Å². The van der Waals surface area contributed by atoms with Crippen LogP contribution in [-0.4, -0.2) is 20.7 Å². The summed E-state index contributed by atoms with van der Waals surface area (Å²) in [7, 11) is 0. The highest BCUT2D eigenvalue weighted by Gasteiger charge is 2.19. The SMILES string of the molecule is C[C@@H](Sc1nccn1-c1ccc(Cl)cc1)C(=O)Nc1sccc1C#N. The molecule has 2 aromatic heterocycles. The van der Waals surface area contributed by atoms with Gasteiger partial charge in [-0.2, -0.15) is 5.26 Å². The van der Waals surface area contributed by atoms with E-state index in [1.165, 1.54) is 23.1 Å². The van der Waals surface area contributed by atoms with Gasteiger partial charge < -0.3 is 5.32 Å². The molecular weight excluding hydrogens is 376 g/mol. The van der Waals surface area contributed by atoms with Crippen LogP contribution < -0.4 is 5.32 Å². The largest absolute Gasteiger partial charge is 0.316 e. The fourth-order valence-electron chi connectivity index (χ4n) is 2.09. The average Bonchev–Trinajstić information content (AvgIpc) is 3.24. The smallest absolute Gasteiger partial charge is 0.238 e. The maximum atomic E-state index is 12.4. The van der Waals surface area contributed by atoms with Crippen molar-refractivity contribution in [1.29, 1.82) is 5.26 Å². The van der Waals surface area contributed by atoms with Crippen LogP contribution in [0.15, 0.2) is 53.3 Å². The molecule has 1 aromatic carbocycles. The number of benzene rings is 1. The predicted molar refractivity (Wildman–Crippen MR) is 102 cm³/mol. The van der Waals surface area contributed by atoms with E-state index in [2.05, 4.69) is 16.4 Å². The highest BCUT2D eigenvalue weighted by Crippen LogP contribution is 2.28. The fraction of sp³-hybridized carbons (Fsp3) is 0.118. The Morgan fingerprint density at radius 3 is 2.88 bits per heavy atom. The molecule has 1 N–H and O–H groups in total. The van der Waals surface area contributed by atoms with Gasteiger partial charge in [-0.05, 0) is 42.6 Å². The number of thiophene rings is 1. The van der Waals surface area contributed by atoms with E-state index >= 15 is 0 Å². The standard InChI is InChI=1S/C17H13ClN4OS2/c1-11(15(23)21-16-12(10-19)6-9-24-16)25-17-20-7-8-22(17)14-4-2-13(18)3-5-14/h2-9,11H,1H3,(H,21,23)/t11-/m1/s1. The lowest BCUT2D eigenvalue weighted by Gasteiger charge is -2.12. The molecule has 0 spiro atoms. The second-order valence-electron chi connectivity index (χ2n) is 5.08. The van der Waals surface area contributed by atoms with Crippen LogP contribution in [0.25, 0.3) is 5.69 Å². The van der Waals surface area contributed by atoms with Crippen molar-refractivity contribution in [2.75, 3.05) is 5.32 Å². The number of carbonyl (C=O) groups excluding carboxylic acids is 1. The molecule has 0 saturated carbocycles. The minimum Gasteiger partial charge on any atom is -0.316 e. The highest BCUT2D eigenvalue weighted by molar-refractivity contribution is 8.00. The van der Waals surface area contributed by atoms with Gasteiger partial charge in [-0.3, -0.25) is 9.36 Å². The number of rotatable bonds is 5. The van der Waals surface area contributed by atoms with Crippen molar-refractivity contribution in [3.05, 3.63) is 58.7 Å². The molecule has 0 fully saturated rings. The zero-order valence-electron chi connectivity index (χ0n) is 13.1. The van der Waals surface area contributed by atoms with Crippen LogP contribution >= 0.6 is 34.7 Å². The van der Waals surface area contributed by atoms with E-state index in [1.54, 1.807) is 24.6 Å². The summed E-state index contributed by atoms with van der Waals surface area (Å²) in [6.07, 6.45) is 3.53. The Labute approximate surface area is 158 Å². The third kappa shape index (κ3) is 4.04. The normalized spacial score (nSPS) is 11.7. The Morgan fingerprint density at radius 2 is 2.16 bits per heavy atom. The summed E-state index contributed by atoms with van der Waals surface area (Å²) in [6, 6.07) is 11.1. The number of amides is 1. The van der Waals surface area contributed by atoms with Crippen molar-refractivity contribution in [3.63, 3.8) is 0 Å². The van der Waals surface area contributed by atoms with Gasteiger partial charge in [-0.25, -0.2) is 4.98 Å². The van der Waals surface area contributed by atoms with Crippen molar-refractivity contribution >= 4 is 45.6 Å². The van der Waals surface area contributed by atoms with E-state index in [9.17, 15) is 4.79 Å². The molecule has 126 valence electrons. The number of imidazole rings is 1. The summed E-state index contributed by atoms with van der Waals surface area (Å²) in [5.74, 6) is -0.172. The number of nitrogens with one attached hydrogen (secondary N) is 1. The van der Waals surface area contributed by atoms with Gasteiger partial charge in [0.2, 0.25) is 5.91 Å². The van der Waals surface area contributed by atoms with Crippen molar-refractivity contribution < 1.29 is 4.79 Å². The number of thioether (sulfide) groups is 1. The molecule has 3 aromatic rings. The molecule has 0 aliphatic heterocycles. The molecule has 0 saturated heterocycles. The van der Waals surface area contributed by atoms with Gasteiger partial charge in [-0.15, -0.1) is 11.3 Å². The molecule has 1 atom stereocenters. The maximum Gasteiger partial charge on any atom is 0.238 e. The van der Waals surface area contributed by atoms with Crippen molar-refractivity contribution in [1.82, 2.24) is 9.55 Å². The van der Waals surface area contributed by atoms with E-state index in [-0.39, 0.29) is 11.2 Å². The summed E-state index contributed by atoms with van der Waals surface area (Å²) in [6.45, 7) is 1.81. The molecule has 0 aliphatic rings. The van der Waals surface area contributed by atoms with E-state index in [4.69, 9.17) is 16.9 Å². The first kappa shape index (κ1) is 17.5. The van der Waals surface area contributed by atoms with Crippen molar-refractivity contribution in [2.24, 2.45) is 0 Å². The van der Waals surface area contributed by atoms with Crippen molar-refractivity contribution in [2.45, 2.75) is 17.3 Å². The minimum absolute atomic E-state index is 0.172. The summed E-state index contributed by atoms with van der Waals surface area (Å²) >= 11 is 8.61. The molecule has 3 rings (SSSR count). The third-order valence-electron chi connectivity index (χ3n) is 3.39. The minimum atomic E-state index is -0.373. The first-order valence-electron chi connectivity index (χ1n) is 7.33. The van der Waals surface area contributed by atoms with Gasteiger partial charge in [0.25, 0.3) is 0 Å². The average molecular weight is 389 g/mol. The number of hydrogen-bond acceptors (Lipinski definition) is 5. The highest BCUT2D eigenvalue weighted by atomic mass is 35.5. The summed E-state index contributed by atoms with van der Waals surface area (Å²) in [5, 5.41) is 15.2. The van der Waals surface area contributed by atoms with Gasteiger partial charge in [0.15, 0.2) is 5.16 Å². The van der Waals surface area contributed by atoms with Crippen molar-refractivity contribution in [3.8, 4) is 11.8 Å². The van der Waals surface area contributed by atoms with Crippen LogP contribution in [0.3, 0.4) is 0 Å². The lowest BCUT2D eigenvalue weighted by molar-refractivity contribution is -0.115. The van der Waals surface area contributed by atoms with Gasteiger partial charge in [-0.1, -0.05) is 23.4 Å². The Hall–Kier alpha value is -2.27. The maximum absolute atomic E-state index is 12.4.